The number of rotatable bonds is 5. The molecule has 2 saturated heterocycles. The van der Waals surface area contributed by atoms with E-state index in [-0.39, 0.29) is 11.9 Å². The molecule has 1 aromatic carbocycles. The third kappa shape index (κ3) is 3.76. The monoisotopic (exact) mass is 355 g/mol. The number of amides is 1. The third-order valence-electron chi connectivity index (χ3n) is 5.79. The van der Waals surface area contributed by atoms with Crippen LogP contribution in [0.3, 0.4) is 0 Å². The molecule has 3 heterocycles. The molecule has 2 unspecified atom stereocenters. The van der Waals surface area contributed by atoms with Crippen molar-refractivity contribution in [2.75, 3.05) is 26.2 Å². The van der Waals surface area contributed by atoms with Gasteiger partial charge < -0.3 is 15.2 Å². The SMILES string of the molecule is Cn1c(CN2CCCC(CNC(=O)C3CCCN3)C2)nc2ccccc21. The highest BCUT2D eigenvalue weighted by atomic mass is 16.2. The van der Waals surface area contributed by atoms with Crippen LogP contribution in [-0.2, 0) is 18.4 Å². The van der Waals surface area contributed by atoms with Crippen molar-refractivity contribution < 1.29 is 4.79 Å². The maximum atomic E-state index is 12.2. The van der Waals surface area contributed by atoms with Crippen molar-refractivity contribution in [3.63, 3.8) is 0 Å². The third-order valence-corrected chi connectivity index (χ3v) is 5.79. The van der Waals surface area contributed by atoms with Gasteiger partial charge in [-0.25, -0.2) is 4.98 Å². The van der Waals surface area contributed by atoms with E-state index in [4.69, 9.17) is 4.98 Å². The summed E-state index contributed by atoms with van der Waals surface area (Å²) >= 11 is 0. The quantitative estimate of drug-likeness (QED) is 0.856. The lowest BCUT2D eigenvalue weighted by Gasteiger charge is -2.32. The molecule has 2 aliphatic heterocycles. The molecule has 0 aliphatic carbocycles. The van der Waals surface area contributed by atoms with Crippen LogP contribution in [0.4, 0.5) is 0 Å². The molecule has 0 spiro atoms. The highest BCUT2D eigenvalue weighted by molar-refractivity contribution is 5.82. The number of nitrogens with zero attached hydrogens (tertiary/aromatic N) is 3. The number of carbonyl (C=O) groups is 1. The molecule has 2 atom stereocenters. The van der Waals surface area contributed by atoms with Crippen molar-refractivity contribution in [1.29, 1.82) is 0 Å². The highest BCUT2D eigenvalue weighted by Crippen LogP contribution is 2.20. The number of nitrogens with one attached hydrogen (secondary N) is 2. The Morgan fingerprint density at radius 1 is 1.31 bits per heavy atom. The Kier molecular flexibility index (Phi) is 5.22. The largest absolute Gasteiger partial charge is 0.354 e. The number of benzene rings is 1. The maximum Gasteiger partial charge on any atom is 0.237 e. The summed E-state index contributed by atoms with van der Waals surface area (Å²) in [5.41, 5.74) is 2.25. The minimum atomic E-state index is 0.0229. The Bertz CT molecular complexity index is 765. The van der Waals surface area contributed by atoms with Gasteiger partial charge in [0.15, 0.2) is 0 Å². The van der Waals surface area contributed by atoms with Gasteiger partial charge in [0.1, 0.15) is 5.82 Å². The summed E-state index contributed by atoms with van der Waals surface area (Å²) in [5.74, 6) is 1.82. The molecule has 0 saturated carbocycles. The molecular formula is C20H29N5O. The number of imidazole rings is 1. The van der Waals surface area contributed by atoms with Gasteiger partial charge in [0.05, 0.1) is 23.6 Å². The standard InChI is InChI=1S/C20H29N5O/c1-24-18-9-3-2-7-16(18)23-19(24)14-25-11-5-6-15(13-25)12-22-20(26)17-8-4-10-21-17/h2-3,7,9,15,17,21H,4-6,8,10-14H2,1H3,(H,22,26). The van der Waals surface area contributed by atoms with Crippen molar-refractivity contribution >= 4 is 16.9 Å². The molecule has 0 bridgehead atoms. The first kappa shape index (κ1) is 17.5. The van der Waals surface area contributed by atoms with Crippen LogP contribution in [0.15, 0.2) is 24.3 Å². The number of hydrogen-bond donors (Lipinski definition) is 2. The lowest BCUT2D eigenvalue weighted by atomic mass is 9.98. The van der Waals surface area contributed by atoms with E-state index >= 15 is 0 Å². The molecule has 6 nitrogen and oxygen atoms in total. The summed E-state index contributed by atoms with van der Waals surface area (Å²) in [6.45, 7) is 4.77. The van der Waals surface area contributed by atoms with Crippen molar-refractivity contribution in [2.45, 2.75) is 38.3 Å². The molecule has 1 amide bonds. The average molecular weight is 355 g/mol. The summed E-state index contributed by atoms with van der Waals surface area (Å²) in [4.78, 5) is 19.5. The predicted molar refractivity (Wildman–Crippen MR) is 103 cm³/mol. The number of piperidine rings is 1. The van der Waals surface area contributed by atoms with Gasteiger partial charge in [-0.2, -0.15) is 0 Å². The van der Waals surface area contributed by atoms with Gasteiger partial charge in [0.2, 0.25) is 5.91 Å². The zero-order chi connectivity index (χ0) is 17.9. The lowest BCUT2D eigenvalue weighted by molar-refractivity contribution is -0.123. The molecule has 2 aliphatic rings. The molecule has 6 heteroatoms. The number of para-hydroxylation sites is 2. The van der Waals surface area contributed by atoms with E-state index in [9.17, 15) is 4.79 Å². The van der Waals surface area contributed by atoms with E-state index < -0.39 is 0 Å². The van der Waals surface area contributed by atoms with Gasteiger partial charge in [0, 0.05) is 20.1 Å². The lowest BCUT2D eigenvalue weighted by Crippen LogP contribution is -2.45. The number of aromatic nitrogens is 2. The Morgan fingerprint density at radius 2 is 2.19 bits per heavy atom. The van der Waals surface area contributed by atoms with E-state index in [2.05, 4.69) is 45.3 Å². The van der Waals surface area contributed by atoms with Gasteiger partial charge in [-0.3, -0.25) is 9.69 Å². The maximum absolute atomic E-state index is 12.2. The van der Waals surface area contributed by atoms with Crippen molar-refractivity contribution in [2.24, 2.45) is 13.0 Å². The Morgan fingerprint density at radius 3 is 3.00 bits per heavy atom. The van der Waals surface area contributed by atoms with E-state index in [0.717, 1.165) is 56.9 Å². The van der Waals surface area contributed by atoms with Gasteiger partial charge in [0.25, 0.3) is 0 Å². The van der Waals surface area contributed by atoms with Gasteiger partial charge in [-0.15, -0.1) is 0 Å². The molecule has 2 N–H and O–H groups in total. The van der Waals surface area contributed by atoms with Crippen LogP contribution in [0.1, 0.15) is 31.5 Å². The summed E-state index contributed by atoms with van der Waals surface area (Å²) in [7, 11) is 2.10. The number of hydrogen-bond acceptors (Lipinski definition) is 4. The zero-order valence-electron chi connectivity index (χ0n) is 15.6. The second-order valence-corrected chi connectivity index (χ2v) is 7.71. The topological polar surface area (TPSA) is 62.2 Å². The molecule has 2 fully saturated rings. The van der Waals surface area contributed by atoms with Crippen molar-refractivity contribution in [3.8, 4) is 0 Å². The number of fused-ring (bicyclic) bond motifs is 1. The van der Waals surface area contributed by atoms with Crippen LogP contribution in [0.25, 0.3) is 11.0 Å². The van der Waals surface area contributed by atoms with E-state index in [0.29, 0.717) is 5.92 Å². The van der Waals surface area contributed by atoms with Crippen LogP contribution in [0.2, 0.25) is 0 Å². The second-order valence-electron chi connectivity index (χ2n) is 7.71. The molecule has 2 aromatic rings. The molecular weight excluding hydrogens is 326 g/mol. The Balaban J connectivity index is 1.33. The second kappa shape index (κ2) is 7.76. The van der Waals surface area contributed by atoms with Crippen molar-refractivity contribution in [1.82, 2.24) is 25.1 Å². The summed E-state index contributed by atoms with van der Waals surface area (Å²) in [6.07, 6.45) is 4.45. The molecule has 4 rings (SSSR count). The van der Waals surface area contributed by atoms with E-state index in [1.165, 1.54) is 18.4 Å². The summed E-state index contributed by atoms with van der Waals surface area (Å²) in [5, 5.41) is 6.43. The van der Waals surface area contributed by atoms with Crippen LogP contribution < -0.4 is 10.6 Å². The predicted octanol–water partition coefficient (Wildman–Crippen LogP) is 1.65. The average Bonchev–Trinajstić information content (AvgIpc) is 3.30. The van der Waals surface area contributed by atoms with E-state index in [1.807, 2.05) is 6.07 Å². The van der Waals surface area contributed by atoms with E-state index in [1.54, 1.807) is 0 Å². The minimum Gasteiger partial charge on any atom is -0.354 e. The first-order valence-corrected chi connectivity index (χ1v) is 9.84. The highest BCUT2D eigenvalue weighted by Gasteiger charge is 2.25. The number of aryl methyl sites for hydroxylation is 1. The minimum absolute atomic E-state index is 0.0229. The van der Waals surface area contributed by atoms with Crippen LogP contribution >= 0.6 is 0 Å². The van der Waals surface area contributed by atoms with Gasteiger partial charge in [-0.1, -0.05) is 12.1 Å². The summed E-state index contributed by atoms with van der Waals surface area (Å²) < 4.78 is 2.20. The Hall–Kier alpha value is -1.92. The fourth-order valence-corrected chi connectivity index (χ4v) is 4.27. The van der Waals surface area contributed by atoms with Crippen LogP contribution in [-0.4, -0.2) is 52.6 Å². The first-order chi connectivity index (χ1) is 12.7. The molecule has 140 valence electrons. The molecule has 0 radical (unpaired) electrons. The molecule has 26 heavy (non-hydrogen) atoms. The Labute approximate surface area is 155 Å². The van der Waals surface area contributed by atoms with Crippen molar-refractivity contribution in [3.05, 3.63) is 30.1 Å². The first-order valence-electron chi connectivity index (χ1n) is 9.84. The molecule has 1 aromatic heterocycles. The summed E-state index contributed by atoms with van der Waals surface area (Å²) in [6, 6.07) is 8.32. The normalized spacial score (nSPS) is 24.2. The van der Waals surface area contributed by atoms with Gasteiger partial charge in [-0.05, 0) is 56.8 Å². The zero-order valence-corrected chi connectivity index (χ0v) is 15.6. The fraction of sp³-hybridized carbons (Fsp3) is 0.600. The van der Waals surface area contributed by atoms with Gasteiger partial charge >= 0.3 is 0 Å². The fourth-order valence-electron chi connectivity index (χ4n) is 4.27. The number of carbonyl (C=O) groups excluding carboxylic acids is 1. The van der Waals surface area contributed by atoms with Crippen LogP contribution in [0.5, 0.6) is 0 Å². The number of likely N-dealkylation sites (tertiary alicyclic amines) is 1. The van der Waals surface area contributed by atoms with Crippen LogP contribution in [0, 0.1) is 5.92 Å². The smallest absolute Gasteiger partial charge is 0.237 e.